The summed E-state index contributed by atoms with van der Waals surface area (Å²) in [5.41, 5.74) is 4.62. The van der Waals surface area contributed by atoms with Crippen LogP contribution in [0.5, 0.6) is 5.75 Å². The van der Waals surface area contributed by atoms with Gasteiger partial charge in [0.25, 0.3) is 0 Å². The van der Waals surface area contributed by atoms with E-state index in [0.29, 0.717) is 0 Å². The zero-order chi connectivity index (χ0) is 23.2. The van der Waals surface area contributed by atoms with Crippen LogP contribution in [0.15, 0.2) is 59.9 Å². The highest BCUT2D eigenvalue weighted by Gasteiger charge is 2.22. The van der Waals surface area contributed by atoms with Crippen molar-refractivity contribution in [3.05, 3.63) is 66.0 Å². The second-order valence-electron chi connectivity index (χ2n) is 8.01. The first-order valence-electron chi connectivity index (χ1n) is 11.0. The standard InChI is InChI=1S/C25H29N5O2S/c1-18-4-5-19(2)22(16-18)29-12-14-30(15-13-29)24-25(27-11-10-26-24)33-17-23(31)28-20-6-8-21(32-3)9-7-20/h4-11,16H,12-15,17H2,1-3H3,(H,28,31). The summed E-state index contributed by atoms with van der Waals surface area (Å²) in [6, 6.07) is 13.9. The second-order valence-corrected chi connectivity index (χ2v) is 8.98. The average molecular weight is 464 g/mol. The molecule has 1 N–H and O–H groups in total. The van der Waals surface area contributed by atoms with Crippen molar-refractivity contribution in [3.63, 3.8) is 0 Å². The number of methoxy groups -OCH3 is 1. The normalized spacial score (nSPS) is 13.7. The van der Waals surface area contributed by atoms with E-state index in [4.69, 9.17) is 4.74 Å². The van der Waals surface area contributed by atoms with Crippen molar-refractivity contribution < 1.29 is 9.53 Å². The Kier molecular flexibility index (Phi) is 7.34. The van der Waals surface area contributed by atoms with Crippen LogP contribution in [0.2, 0.25) is 0 Å². The number of thioether (sulfide) groups is 1. The number of carbonyl (C=O) groups excluding carboxylic acids is 1. The number of amides is 1. The molecule has 4 rings (SSSR count). The Hall–Kier alpha value is -3.26. The molecule has 1 amide bonds. The van der Waals surface area contributed by atoms with Gasteiger partial charge in [-0.05, 0) is 55.3 Å². The highest BCUT2D eigenvalue weighted by molar-refractivity contribution is 8.00. The zero-order valence-electron chi connectivity index (χ0n) is 19.2. The van der Waals surface area contributed by atoms with Crippen molar-refractivity contribution in [2.45, 2.75) is 18.9 Å². The van der Waals surface area contributed by atoms with E-state index >= 15 is 0 Å². The number of nitrogens with one attached hydrogen (secondary N) is 1. The number of hydrogen-bond donors (Lipinski definition) is 1. The number of hydrogen-bond acceptors (Lipinski definition) is 7. The molecule has 3 aromatic rings. The summed E-state index contributed by atoms with van der Waals surface area (Å²) < 4.78 is 5.15. The number of piperazine rings is 1. The van der Waals surface area contributed by atoms with Crippen LogP contribution < -0.4 is 19.9 Å². The molecular weight excluding hydrogens is 434 g/mol. The fraction of sp³-hybridized carbons (Fsp3) is 0.320. The van der Waals surface area contributed by atoms with Gasteiger partial charge in [-0.1, -0.05) is 23.9 Å². The highest BCUT2D eigenvalue weighted by Crippen LogP contribution is 2.29. The molecule has 8 heteroatoms. The van der Waals surface area contributed by atoms with Gasteiger partial charge in [-0.15, -0.1) is 0 Å². The Morgan fingerprint density at radius 3 is 2.42 bits per heavy atom. The molecule has 2 aromatic carbocycles. The van der Waals surface area contributed by atoms with Crippen molar-refractivity contribution >= 4 is 34.9 Å². The van der Waals surface area contributed by atoms with Crippen molar-refractivity contribution in [1.82, 2.24) is 9.97 Å². The lowest BCUT2D eigenvalue weighted by Gasteiger charge is -2.37. The molecule has 1 aliphatic rings. The number of nitrogens with zero attached hydrogens (tertiary/aromatic N) is 4. The number of ether oxygens (including phenoxy) is 1. The van der Waals surface area contributed by atoms with Crippen molar-refractivity contribution in [1.29, 1.82) is 0 Å². The maximum absolute atomic E-state index is 12.5. The van der Waals surface area contributed by atoms with Crippen LogP contribution in [-0.4, -0.2) is 54.9 Å². The number of carbonyl (C=O) groups is 1. The van der Waals surface area contributed by atoms with E-state index in [1.165, 1.54) is 28.6 Å². The minimum Gasteiger partial charge on any atom is -0.497 e. The second kappa shape index (κ2) is 10.6. The van der Waals surface area contributed by atoms with Crippen molar-refractivity contribution in [2.75, 3.05) is 54.2 Å². The molecular formula is C25H29N5O2S. The van der Waals surface area contributed by atoms with Gasteiger partial charge in [0.1, 0.15) is 10.8 Å². The quantitative estimate of drug-likeness (QED) is 0.528. The topological polar surface area (TPSA) is 70.6 Å². The highest BCUT2D eigenvalue weighted by atomic mass is 32.2. The fourth-order valence-corrected chi connectivity index (χ4v) is 4.65. The summed E-state index contributed by atoms with van der Waals surface area (Å²) in [6.07, 6.45) is 3.40. The third kappa shape index (κ3) is 5.76. The van der Waals surface area contributed by atoms with E-state index in [1.807, 2.05) is 24.3 Å². The lowest BCUT2D eigenvalue weighted by Crippen LogP contribution is -2.47. The van der Waals surface area contributed by atoms with Crippen molar-refractivity contribution in [2.24, 2.45) is 0 Å². The predicted molar refractivity (Wildman–Crippen MR) is 135 cm³/mol. The average Bonchev–Trinajstić information content (AvgIpc) is 2.85. The lowest BCUT2D eigenvalue weighted by molar-refractivity contribution is -0.113. The van der Waals surface area contributed by atoms with Crippen LogP contribution >= 0.6 is 11.8 Å². The molecule has 0 unspecified atom stereocenters. The van der Waals surface area contributed by atoms with Crippen LogP contribution in [0, 0.1) is 13.8 Å². The fourth-order valence-electron chi connectivity index (χ4n) is 3.86. The summed E-state index contributed by atoms with van der Waals surface area (Å²) in [4.78, 5) is 26.3. The van der Waals surface area contributed by atoms with Gasteiger partial charge in [0.05, 0.1) is 12.9 Å². The van der Waals surface area contributed by atoms with Gasteiger partial charge in [-0.25, -0.2) is 9.97 Å². The molecule has 2 heterocycles. The number of aryl methyl sites for hydroxylation is 2. The first kappa shape index (κ1) is 22.9. The van der Waals surface area contributed by atoms with E-state index < -0.39 is 0 Å². The molecule has 0 spiro atoms. The number of benzene rings is 2. The van der Waals surface area contributed by atoms with Gasteiger partial charge in [-0.3, -0.25) is 4.79 Å². The zero-order valence-corrected chi connectivity index (χ0v) is 20.1. The van der Waals surface area contributed by atoms with E-state index in [-0.39, 0.29) is 11.7 Å². The largest absolute Gasteiger partial charge is 0.497 e. The monoisotopic (exact) mass is 463 g/mol. The molecule has 172 valence electrons. The molecule has 0 atom stereocenters. The van der Waals surface area contributed by atoms with E-state index in [1.54, 1.807) is 19.5 Å². The molecule has 1 fully saturated rings. The maximum Gasteiger partial charge on any atom is 0.234 e. The summed E-state index contributed by atoms with van der Waals surface area (Å²) in [5.74, 6) is 1.78. The Balaban J connectivity index is 1.35. The molecule has 0 saturated carbocycles. The first-order chi connectivity index (χ1) is 16.0. The van der Waals surface area contributed by atoms with Crippen LogP contribution in [0.3, 0.4) is 0 Å². The SMILES string of the molecule is COc1ccc(NC(=O)CSc2nccnc2N2CCN(c3cc(C)ccc3C)CC2)cc1. The molecule has 1 aliphatic heterocycles. The van der Waals surface area contributed by atoms with E-state index in [0.717, 1.165) is 48.5 Å². The Labute approximate surface area is 199 Å². The van der Waals surface area contributed by atoms with Gasteiger partial charge in [0, 0.05) is 49.9 Å². The molecule has 0 bridgehead atoms. The third-order valence-electron chi connectivity index (χ3n) is 5.64. The van der Waals surface area contributed by atoms with E-state index in [2.05, 4.69) is 57.1 Å². The lowest BCUT2D eigenvalue weighted by atomic mass is 10.1. The predicted octanol–water partition coefficient (Wildman–Crippen LogP) is 4.16. The first-order valence-corrected chi connectivity index (χ1v) is 12.0. The maximum atomic E-state index is 12.5. The number of aromatic nitrogens is 2. The molecule has 0 aliphatic carbocycles. The third-order valence-corrected chi connectivity index (χ3v) is 6.61. The minimum absolute atomic E-state index is 0.0819. The van der Waals surface area contributed by atoms with Crippen molar-refractivity contribution in [3.8, 4) is 5.75 Å². The van der Waals surface area contributed by atoms with Gasteiger partial charge < -0.3 is 19.9 Å². The van der Waals surface area contributed by atoms with Crippen LogP contribution in [-0.2, 0) is 4.79 Å². The van der Waals surface area contributed by atoms with Gasteiger partial charge in [0.15, 0.2) is 5.82 Å². The van der Waals surface area contributed by atoms with Gasteiger partial charge in [0.2, 0.25) is 5.91 Å². The summed E-state index contributed by atoms with van der Waals surface area (Å²) >= 11 is 1.41. The Bertz CT molecular complexity index is 1100. The van der Waals surface area contributed by atoms with Gasteiger partial charge >= 0.3 is 0 Å². The van der Waals surface area contributed by atoms with Crippen LogP contribution in [0.1, 0.15) is 11.1 Å². The Morgan fingerprint density at radius 1 is 1.00 bits per heavy atom. The van der Waals surface area contributed by atoms with Crippen LogP contribution in [0.4, 0.5) is 17.2 Å². The molecule has 7 nitrogen and oxygen atoms in total. The van der Waals surface area contributed by atoms with Gasteiger partial charge in [-0.2, -0.15) is 0 Å². The summed E-state index contributed by atoms with van der Waals surface area (Å²) in [5, 5.41) is 3.69. The molecule has 1 saturated heterocycles. The van der Waals surface area contributed by atoms with Crippen LogP contribution in [0.25, 0.3) is 0 Å². The Morgan fingerprint density at radius 2 is 1.70 bits per heavy atom. The number of rotatable bonds is 7. The molecule has 1 aromatic heterocycles. The van der Waals surface area contributed by atoms with E-state index in [9.17, 15) is 4.79 Å². The smallest absolute Gasteiger partial charge is 0.234 e. The molecule has 33 heavy (non-hydrogen) atoms. The minimum atomic E-state index is -0.0819. The summed E-state index contributed by atoms with van der Waals surface area (Å²) in [7, 11) is 1.62. The molecule has 0 radical (unpaired) electrons. The number of anilines is 3. The summed E-state index contributed by atoms with van der Waals surface area (Å²) in [6.45, 7) is 7.85.